The van der Waals surface area contributed by atoms with Crippen molar-refractivity contribution in [2.45, 2.75) is 62.0 Å². The van der Waals surface area contributed by atoms with Crippen LogP contribution >= 0.6 is 23.5 Å². The van der Waals surface area contributed by atoms with Gasteiger partial charge in [0.05, 0.1) is 4.08 Å². The summed E-state index contributed by atoms with van der Waals surface area (Å²) in [5, 5.41) is 0. The molecule has 0 aromatic heterocycles. The Labute approximate surface area is 126 Å². The normalized spacial score (nSPS) is 25.9. The number of rotatable bonds is 0. The molecule has 1 saturated carbocycles. The molecule has 1 aromatic rings. The van der Waals surface area contributed by atoms with E-state index in [0.29, 0.717) is 4.08 Å². The largest absolute Gasteiger partial charge is 0.139 e. The van der Waals surface area contributed by atoms with Crippen LogP contribution in [0.25, 0.3) is 0 Å². The Morgan fingerprint density at radius 3 is 2.11 bits per heavy atom. The highest BCUT2D eigenvalue weighted by atomic mass is 32.2. The molecule has 3 rings (SSSR count). The number of hydrogen-bond acceptors (Lipinski definition) is 2. The van der Waals surface area contributed by atoms with E-state index in [2.05, 4.69) is 56.4 Å². The minimum absolute atomic E-state index is 0.499. The fraction of sp³-hybridized carbons (Fsp3) is 0.647. The van der Waals surface area contributed by atoms with Crippen molar-refractivity contribution in [3.8, 4) is 0 Å². The lowest BCUT2D eigenvalue weighted by Gasteiger charge is -2.41. The number of hydrogen-bond donors (Lipinski definition) is 0. The van der Waals surface area contributed by atoms with Gasteiger partial charge in [-0.2, -0.15) is 0 Å². The van der Waals surface area contributed by atoms with E-state index >= 15 is 0 Å². The van der Waals surface area contributed by atoms with Gasteiger partial charge in [0.2, 0.25) is 0 Å². The van der Waals surface area contributed by atoms with Crippen LogP contribution < -0.4 is 0 Å². The Balaban J connectivity index is 1.88. The van der Waals surface area contributed by atoms with Crippen LogP contribution in [0.4, 0.5) is 0 Å². The van der Waals surface area contributed by atoms with Crippen molar-refractivity contribution >= 4 is 23.5 Å². The third-order valence-electron chi connectivity index (χ3n) is 4.92. The topological polar surface area (TPSA) is 0 Å². The summed E-state index contributed by atoms with van der Waals surface area (Å²) in [7, 11) is 0. The lowest BCUT2D eigenvalue weighted by Crippen LogP contribution is -2.32. The van der Waals surface area contributed by atoms with E-state index in [1.165, 1.54) is 48.3 Å². The van der Waals surface area contributed by atoms with E-state index in [-0.39, 0.29) is 0 Å². The zero-order valence-electron chi connectivity index (χ0n) is 12.3. The van der Waals surface area contributed by atoms with E-state index < -0.39 is 0 Å². The molecule has 104 valence electrons. The smallest absolute Gasteiger partial charge is 0.0643 e. The van der Waals surface area contributed by atoms with Gasteiger partial charge in [-0.25, -0.2) is 0 Å². The summed E-state index contributed by atoms with van der Waals surface area (Å²) in [5.74, 6) is 3.30. The van der Waals surface area contributed by atoms with E-state index in [4.69, 9.17) is 0 Å². The predicted molar refractivity (Wildman–Crippen MR) is 88.9 cm³/mol. The molecule has 0 unspecified atom stereocenters. The maximum atomic E-state index is 2.48. The molecule has 1 heterocycles. The first-order valence-corrected chi connectivity index (χ1v) is 9.45. The van der Waals surface area contributed by atoms with Gasteiger partial charge in [-0.3, -0.25) is 0 Å². The maximum Gasteiger partial charge on any atom is 0.0643 e. The van der Waals surface area contributed by atoms with Gasteiger partial charge in [-0.15, -0.1) is 23.5 Å². The second-order valence-corrected chi connectivity index (χ2v) is 9.11. The summed E-state index contributed by atoms with van der Waals surface area (Å²) in [6.07, 6.45) is 5.71. The van der Waals surface area contributed by atoms with Crippen LogP contribution in [0.1, 0.15) is 54.9 Å². The lowest BCUT2D eigenvalue weighted by molar-refractivity contribution is 0.373. The zero-order chi connectivity index (χ0) is 13.5. The standard InChI is InChI=1S/C17H24S2/c1-12-8-15-10-18-17(7-5-4-6-14(17)3)19-11-16(15)9-13(12)2/h8-9,14H,4-7,10-11H2,1-3H3/t14-/m1/s1. The van der Waals surface area contributed by atoms with Gasteiger partial charge in [0.25, 0.3) is 0 Å². The molecule has 1 aliphatic carbocycles. The maximum absolute atomic E-state index is 2.48. The first-order chi connectivity index (χ1) is 9.11. The lowest BCUT2D eigenvalue weighted by atomic mass is 9.90. The van der Waals surface area contributed by atoms with Gasteiger partial charge in [0, 0.05) is 11.5 Å². The fourth-order valence-electron chi connectivity index (χ4n) is 3.36. The number of benzene rings is 1. The molecule has 0 saturated heterocycles. The van der Waals surface area contributed by atoms with Crippen molar-refractivity contribution < 1.29 is 0 Å². The van der Waals surface area contributed by atoms with Crippen molar-refractivity contribution in [2.24, 2.45) is 5.92 Å². The van der Waals surface area contributed by atoms with Crippen molar-refractivity contribution in [1.29, 1.82) is 0 Å². The van der Waals surface area contributed by atoms with Gasteiger partial charge in [-0.1, -0.05) is 31.9 Å². The number of thioether (sulfide) groups is 2. The van der Waals surface area contributed by atoms with E-state index in [1.54, 1.807) is 11.1 Å². The molecule has 0 bridgehead atoms. The molecule has 1 aromatic carbocycles. The van der Waals surface area contributed by atoms with Crippen LogP contribution in [-0.2, 0) is 11.5 Å². The van der Waals surface area contributed by atoms with Gasteiger partial charge < -0.3 is 0 Å². The molecular weight excluding hydrogens is 268 g/mol. The van der Waals surface area contributed by atoms with Gasteiger partial charge in [0.1, 0.15) is 0 Å². The molecule has 0 amide bonds. The van der Waals surface area contributed by atoms with Crippen molar-refractivity contribution in [2.75, 3.05) is 0 Å². The van der Waals surface area contributed by atoms with Crippen LogP contribution in [0.15, 0.2) is 12.1 Å². The Morgan fingerprint density at radius 1 is 1.00 bits per heavy atom. The Morgan fingerprint density at radius 2 is 1.58 bits per heavy atom. The molecule has 0 nitrogen and oxygen atoms in total. The molecule has 1 atom stereocenters. The van der Waals surface area contributed by atoms with Crippen molar-refractivity contribution in [1.82, 2.24) is 0 Å². The number of aryl methyl sites for hydroxylation is 2. The summed E-state index contributed by atoms with van der Waals surface area (Å²) in [5.41, 5.74) is 6.10. The highest BCUT2D eigenvalue weighted by Crippen LogP contribution is 2.55. The Kier molecular flexibility index (Phi) is 3.92. The van der Waals surface area contributed by atoms with E-state index in [0.717, 1.165) is 5.92 Å². The second-order valence-electron chi connectivity index (χ2n) is 6.24. The summed E-state index contributed by atoms with van der Waals surface area (Å²) in [4.78, 5) is 0. The Hall–Kier alpha value is -0.0800. The van der Waals surface area contributed by atoms with Gasteiger partial charge in [0.15, 0.2) is 0 Å². The van der Waals surface area contributed by atoms with E-state index in [1.807, 2.05) is 0 Å². The van der Waals surface area contributed by atoms with Crippen LogP contribution in [-0.4, -0.2) is 4.08 Å². The van der Waals surface area contributed by atoms with Crippen molar-refractivity contribution in [3.05, 3.63) is 34.4 Å². The molecule has 1 spiro atoms. The highest BCUT2D eigenvalue weighted by molar-refractivity contribution is 8.17. The average molecular weight is 293 g/mol. The fourth-order valence-corrected chi connectivity index (χ4v) is 6.77. The molecular formula is C17H24S2. The molecule has 19 heavy (non-hydrogen) atoms. The van der Waals surface area contributed by atoms with Gasteiger partial charge in [-0.05, 0) is 54.9 Å². The molecule has 2 aliphatic rings. The first kappa shape index (κ1) is 13.9. The highest BCUT2D eigenvalue weighted by Gasteiger charge is 2.40. The Bertz CT molecular complexity index is 445. The van der Waals surface area contributed by atoms with Crippen LogP contribution in [0.2, 0.25) is 0 Å². The number of fused-ring (bicyclic) bond motifs is 1. The summed E-state index contributed by atoms with van der Waals surface area (Å²) < 4.78 is 0.499. The second kappa shape index (κ2) is 5.37. The monoisotopic (exact) mass is 292 g/mol. The molecule has 2 heteroatoms. The zero-order valence-corrected chi connectivity index (χ0v) is 13.9. The SMILES string of the molecule is Cc1cc2c(cc1C)CSC1(CCCC[C@H]1C)SC2. The predicted octanol–water partition coefficient (Wildman–Crippen LogP) is 5.69. The summed E-state index contributed by atoms with van der Waals surface area (Å²) in [6, 6.07) is 4.87. The molecule has 0 radical (unpaired) electrons. The van der Waals surface area contributed by atoms with Crippen LogP contribution in [0.5, 0.6) is 0 Å². The minimum Gasteiger partial charge on any atom is -0.139 e. The van der Waals surface area contributed by atoms with Gasteiger partial charge >= 0.3 is 0 Å². The minimum atomic E-state index is 0.499. The third kappa shape index (κ3) is 2.58. The average Bonchev–Trinajstić information content (AvgIpc) is 2.56. The van der Waals surface area contributed by atoms with Crippen molar-refractivity contribution in [3.63, 3.8) is 0 Å². The third-order valence-corrected chi connectivity index (χ3v) is 8.73. The van der Waals surface area contributed by atoms with Crippen LogP contribution in [0, 0.1) is 19.8 Å². The molecule has 1 aliphatic heterocycles. The summed E-state index contributed by atoms with van der Waals surface area (Å²) in [6.45, 7) is 6.97. The molecule has 0 N–H and O–H groups in total. The quantitative estimate of drug-likeness (QED) is 0.602. The first-order valence-electron chi connectivity index (χ1n) is 7.48. The molecule has 1 fully saturated rings. The van der Waals surface area contributed by atoms with E-state index in [9.17, 15) is 0 Å². The van der Waals surface area contributed by atoms with Crippen LogP contribution in [0.3, 0.4) is 0 Å². The summed E-state index contributed by atoms with van der Waals surface area (Å²) >= 11 is 4.47.